The molecule has 1 aromatic heterocycles. The van der Waals surface area contributed by atoms with Crippen molar-refractivity contribution < 1.29 is 14.5 Å². The van der Waals surface area contributed by atoms with Gasteiger partial charge in [0.25, 0.3) is 5.69 Å². The summed E-state index contributed by atoms with van der Waals surface area (Å²) >= 11 is 6.03. The van der Waals surface area contributed by atoms with Crippen LogP contribution in [0.15, 0.2) is 49.1 Å². The largest absolute Gasteiger partial charge is 0.495 e. The standard InChI is InChI=1S/C17H15ClN6O4/c1-28-16-5-3-12(24(26)27)7-14(16)20-8-17(25)22-13-6-11(18)2-4-15(13)23-10-19-9-21-23/h2-7,9-10,20H,8H2,1H3,(H,22,25). The molecule has 0 aliphatic heterocycles. The molecule has 0 aliphatic carbocycles. The first-order chi connectivity index (χ1) is 13.5. The van der Waals surface area contributed by atoms with E-state index >= 15 is 0 Å². The fourth-order valence-electron chi connectivity index (χ4n) is 2.46. The molecular weight excluding hydrogens is 388 g/mol. The monoisotopic (exact) mass is 402 g/mol. The molecule has 144 valence electrons. The van der Waals surface area contributed by atoms with Gasteiger partial charge >= 0.3 is 0 Å². The van der Waals surface area contributed by atoms with Gasteiger partial charge in [-0.15, -0.1) is 0 Å². The Morgan fingerprint density at radius 3 is 2.79 bits per heavy atom. The summed E-state index contributed by atoms with van der Waals surface area (Å²) in [5.41, 5.74) is 1.24. The van der Waals surface area contributed by atoms with Crippen molar-refractivity contribution in [3.05, 3.63) is 64.2 Å². The zero-order valence-corrected chi connectivity index (χ0v) is 15.4. The second kappa shape index (κ2) is 8.35. The highest BCUT2D eigenvalue weighted by atomic mass is 35.5. The zero-order chi connectivity index (χ0) is 20.1. The van der Waals surface area contributed by atoms with Gasteiger partial charge in [-0.1, -0.05) is 11.6 Å². The molecule has 0 radical (unpaired) electrons. The van der Waals surface area contributed by atoms with Crippen molar-refractivity contribution in [3.8, 4) is 11.4 Å². The summed E-state index contributed by atoms with van der Waals surface area (Å²) < 4.78 is 6.65. The van der Waals surface area contributed by atoms with Gasteiger partial charge in [0, 0.05) is 17.2 Å². The number of carbonyl (C=O) groups is 1. The summed E-state index contributed by atoms with van der Waals surface area (Å²) in [6, 6.07) is 9.03. The maximum atomic E-state index is 12.4. The van der Waals surface area contributed by atoms with Crippen LogP contribution in [0.25, 0.3) is 5.69 Å². The van der Waals surface area contributed by atoms with E-state index in [0.717, 1.165) is 0 Å². The van der Waals surface area contributed by atoms with Gasteiger partial charge in [0.05, 0.1) is 35.6 Å². The normalized spacial score (nSPS) is 10.4. The molecule has 2 aromatic carbocycles. The van der Waals surface area contributed by atoms with Gasteiger partial charge in [-0.25, -0.2) is 9.67 Å². The lowest BCUT2D eigenvalue weighted by Crippen LogP contribution is -2.23. The minimum Gasteiger partial charge on any atom is -0.495 e. The van der Waals surface area contributed by atoms with E-state index in [4.69, 9.17) is 16.3 Å². The van der Waals surface area contributed by atoms with Crippen LogP contribution in [0, 0.1) is 10.1 Å². The number of ether oxygens (including phenoxy) is 1. The number of hydrogen-bond acceptors (Lipinski definition) is 7. The topological polar surface area (TPSA) is 124 Å². The first kappa shape index (κ1) is 19.1. The van der Waals surface area contributed by atoms with Crippen LogP contribution in [0.3, 0.4) is 0 Å². The van der Waals surface area contributed by atoms with E-state index in [9.17, 15) is 14.9 Å². The molecule has 0 bridgehead atoms. The number of carbonyl (C=O) groups excluding carboxylic acids is 1. The molecule has 28 heavy (non-hydrogen) atoms. The number of nitro groups is 1. The Bertz CT molecular complexity index is 1010. The van der Waals surface area contributed by atoms with Crippen molar-refractivity contribution in [1.29, 1.82) is 0 Å². The first-order valence-corrected chi connectivity index (χ1v) is 8.36. The van der Waals surface area contributed by atoms with E-state index < -0.39 is 10.8 Å². The van der Waals surface area contributed by atoms with Crippen LogP contribution in [-0.4, -0.2) is 39.2 Å². The molecule has 3 rings (SSSR count). The Labute approximate surface area is 164 Å². The molecule has 0 atom stereocenters. The van der Waals surface area contributed by atoms with E-state index in [1.807, 2.05) is 0 Å². The summed E-state index contributed by atoms with van der Waals surface area (Å²) in [4.78, 5) is 26.7. The highest BCUT2D eigenvalue weighted by Crippen LogP contribution is 2.29. The Balaban J connectivity index is 1.75. The fourth-order valence-corrected chi connectivity index (χ4v) is 2.63. The molecule has 2 N–H and O–H groups in total. The first-order valence-electron chi connectivity index (χ1n) is 7.98. The summed E-state index contributed by atoms with van der Waals surface area (Å²) in [7, 11) is 1.43. The number of anilines is 2. The number of nitro benzene ring substituents is 1. The van der Waals surface area contributed by atoms with Gasteiger partial charge in [0.2, 0.25) is 5.91 Å². The van der Waals surface area contributed by atoms with Gasteiger partial charge in [0.1, 0.15) is 18.4 Å². The maximum Gasteiger partial charge on any atom is 0.271 e. The average molecular weight is 403 g/mol. The lowest BCUT2D eigenvalue weighted by Gasteiger charge is -2.13. The summed E-state index contributed by atoms with van der Waals surface area (Å²) in [5.74, 6) is -0.0124. The van der Waals surface area contributed by atoms with Gasteiger partial charge in [-0.2, -0.15) is 5.10 Å². The number of nitrogens with one attached hydrogen (secondary N) is 2. The molecule has 1 heterocycles. The van der Waals surface area contributed by atoms with E-state index in [1.54, 1.807) is 18.2 Å². The fraction of sp³-hybridized carbons (Fsp3) is 0.118. The number of hydrogen-bond donors (Lipinski definition) is 2. The lowest BCUT2D eigenvalue weighted by molar-refractivity contribution is -0.384. The lowest BCUT2D eigenvalue weighted by atomic mass is 10.2. The van der Waals surface area contributed by atoms with Gasteiger partial charge in [0.15, 0.2) is 0 Å². The molecule has 10 nitrogen and oxygen atoms in total. The Morgan fingerprint density at radius 1 is 1.29 bits per heavy atom. The molecule has 11 heteroatoms. The minimum atomic E-state index is -0.527. The van der Waals surface area contributed by atoms with E-state index in [-0.39, 0.29) is 12.2 Å². The van der Waals surface area contributed by atoms with Gasteiger partial charge < -0.3 is 15.4 Å². The number of nitrogens with zero attached hydrogens (tertiary/aromatic N) is 4. The van der Waals surface area contributed by atoms with E-state index in [1.165, 1.54) is 42.6 Å². The van der Waals surface area contributed by atoms with Gasteiger partial charge in [-0.05, 0) is 24.3 Å². The molecule has 0 unspecified atom stereocenters. The molecular formula is C17H15ClN6O4. The molecule has 1 amide bonds. The maximum absolute atomic E-state index is 12.4. The average Bonchev–Trinajstić information content (AvgIpc) is 3.20. The second-order valence-electron chi connectivity index (χ2n) is 5.54. The van der Waals surface area contributed by atoms with Crippen molar-refractivity contribution in [1.82, 2.24) is 14.8 Å². The van der Waals surface area contributed by atoms with Crippen molar-refractivity contribution in [3.63, 3.8) is 0 Å². The van der Waals surface area contributed by atoms with Crippen molar-refractivity contribution in [2.24, 2.45) is 0 Å². The van der Waals surface area contributed by atoms with E-state index in [2.05, 4.69) is 20.7 Å². The Morgan fingerprint density at radius 2 is 2.11 bits per heavy atom. The third-order valence-electron chi connectivity index (χ3n) is 3.73. The summed E-state index contributed by atoms with van der Waals surface area (Å²) in [6.45, 7) is -0.152. The quantitative estimate of drug-likeness (QED) is 0.459. The smallest absolute Gasteiger partial charge is 0.271 e. The van der Waals surface area contributed by atoms with Gasteiger partial charge in [-0.3, -0.25) is 14.9 Å². The Kier molecular flexibility index (Phi) is 5.70. The number of amides is 1. The van der Waals surface area contributed by atoms with Crippen molar-refractivity contribution in [2.45, 2.75) is 0 Å². The molecule has 0 aliphatic rings. The van der Waals surface area contributed by atoms with Crippen molar-refractivity contribution >= 4 is 34.6 Å². The molecule has 3 aromatic rings. The van der Waals surface area contributed by atoms with Crippen LogP contribution in [0.4, 0.5) is 17.1 Å². The van der Waals surface area contributed by atoms with Crippen LogP contribution in [0.1, 0.15) is 0 Å². The number of benzene rings is 2. The SMILES string of the molecule is COc1ccc([N+](=O)[O-])cc1NCC(=O)Nc1cc(Cl)ccc1-n1cncn1. The second-order valence-corrected chi connectivity index (χ2v) is 5.98. The van der Waals surface area contributed by atoms with Crippen LogP contribution < -0.4 is 15.4 Å². The number of halogens is 1. The number of aromatic nitrogens is 3. The highest BCUT2D eigenvalue weighted by Gasteiger charge is 2.14. The van der Waals surface area contributed by atoms with Crippen LogP contribution in [-0.2, 0) is 4.79 Å². The van der Waals surface area contributed by atoms with Crippen LogP contribution in [0.5, 0.6) is 5.75 Å². The van der Waals surface area contributed by atoms with E-state index in [0.29, 0.717) is 27.8 Å². The highest BCUT2D eigenvalue weighted by molar-refractivity contribution is 6.31. The van der Waals surface area contributed by atoms with Crippen molar-refractivity contribution in [2.75, 3.05) is 24.3 Å². The molecule has 0 saturated heterocycles. The molecule has 0 spiro atoms. The summed E-state index contributed by atoms with van der Waals surface area (Å²) in [5, 5.41) is 21.0. The van der Waals surface area contributed by atoms with Crippen LogP contribution >= 0.6 is 11.6 Å². The number of rotatable bonds is 7. The number of non-ortho nitro benzene ring substituents is 1. The zero-order valence-electron chi connectivity index (χ0n) is 14.6. The molecule has 0 saturated carbocycles. The minimum absolute atomic E-state index is 0.119. The summed E-state index contributed by atoms with van der Waals surface area (Å²) in [6.07, 6.45) is 2.86. The third kappa shape index (κ3) is 4.35. The third-order valence-corrected chi connectivity index (χ3v) is 3.97. The molecule has 0 fully saturated rings. The predicted molar refractivity (Wildman–Crippen MR) is 103 cm³/mol. The number of methoxy groups -OCH3 is 1. The van der Waals surface area contributed by atoms with Crippen LogP contribution in [0.2, 0.25) is 5.02 Å². The predicted octanol–water partition coefficient (Wildman–Crippen LogP) is 2.89. The Hall–Kier alpha value is -3.66.